The van der Waals surface area contributed by atoms with E-state index in [1.807, 2.05) is 10.7 Å². The van der Waals surface area contributed by atoms with Crippen molar-refractivity contribution in [2.24, 2.45) is 11.7 Å². The number of amides is 1. The van der Waals surface area contributed by atoms with E-state index in [1.165, 1.54) is 30.3 Å². The summed E-state index contributed by atoms with van der Waals surface area (Å²) in [5, 5.41) is 4.22. The summed E-state index contributed by atoms with van der Waals surface area (Å²) < 4.78 is 25.7. The molecule has 2 N–H and O–H groups in total. The third-order valence-corrected chi connectivity index (χ3v) is 5.18. The van der Waals surface area contributed by atoms with Crippen LogP contribution >= 0.6 is 0 Å². The Bertz CT molecular complexity index is 926. The van der Waals surface area contributed by atoms with Crippen molar-refractivity contribution in [3.63, 3.8) is 0 Å². The summed E-state index contributed by atoms with van der Waals surface area (Å²) >= 11 is 0. The number of nitrogens with two attached hydrogens (primary N) is 1. The number of nitrogens with zero attached hydrogens (tertiary/aromatic N) is 2. The number of rotatable bonds is 8. The van der Waals surface area contributed by atoms with Crippen LogP contribution in [0.15, 0.2) is 47.5 Å². The molecule has 8 heteroatoms. The summed E-state index contributed by atoms with van der Waals surface area (Å²) in [6.45, 7) is 4.90. The first-order valence-corrected chi connectivity index (χ1v) is 9.69. The summed E-state index contributed by atoms with van der Waals surface area (Å²) in [6.07, 6.45) is 4.77. The zero-order chi connectivity index (χ0) is 19.3. The number of aromatic nitrogens is 2. The monoisotopic (exact) mass is 375 g/mol. The van der Waals surface area contributed by atoms with E-state index in [-0.39, 0.29) is 10.7 Å². The first kappa shape index (κ1) is 19.6. The quantitative estimate of drug-likeness (QED) is 0.557. The van der Waals surface area contributed by atoms with Gasteiger partial charge in [-0.05, 0) is 48.4 Å². The van der Waals surface area contributed by atoms with Crippen LogP contribution in [0.4, 0.5) is 0 Å². The maximum absolute atomic E-state index is 12.3. The standard InChI is InChI=1S/C18H21N3O4S/c1-13(2)11-21-15(9-10-20-21)5-8-17(22)14-3-6-16(7-4-14)26(24,25)12-18(19)23/h3-10,13H,11-12H2,1-2H3,(H2,19,23)/b8-5+. The van der Waals surface area contributed by atoms with E-state index < -0.39 is 21.5 Å². The molecule has 0 radical (unpaired) electrons. The topological polar surface area (TPSA) is 112 Å². The number of allylic oxidation sites excluding steroid dienone is 1. The van der Waals surface area contributed by atoms with Crippen molar-refractivity contribution in [2.45, 2.75) is 25.3 Å². The number of sulfone groups is 1. The lowest BCUT2D eigenvalue weighted by atomic mass is 10.1. The highest BCUT2D eigenvalue weighted by atomic mass is 32.2. The van der Waals surface area contributed by atoms with Crippen LogP contribution in [0.3, 0.4) is 0 Å². The lowest BCUT2D eigenvalue weighted by molar-refractivity contribution is -0.115. The number of primary amides is 1. The highest BCUT2D eigenvalue weighted by molar-refractivity contribution is 7.92. The van der Waals surface area contributed by atoms with Gasteiger partial charge < -0.3 is 5.73 Å². The molecular weight excluding hydrogens is 354 g/mol. The zero-order valence-electron chi connectivity index (χ0n) is 14.6. The van der Waals surface area contributed by atoms with Crippen molar-refractivity contribution >= 4 is 27.6 Å². The minimum absolute atomic E-state index is 0.0492. The molecule has 0 unspecified atom stereocenters. The summed E-state index contributed by atoms with van der Waals surface area (Å²) in [7, 11) is -3.78. The van der Waals surface area contributed by atoms with Crippen LogP contribution in [0.25, 0.3) is 6.08 Å². The predicted octanol–water partition coefficient (Wildman–Crippen LogP) is 1.69. The molecule has 7 nitrogen and oxygen atoms in total. The molecule has 0 aliphatic carbocycles. The van der Waals surface area contributed by atoms with E-state index >= 15 is 0 Å². The molecule has 1 aromatic heterocycles. The van der Waals surface area contributed by atoms with E-state index in [1.54, 1.807) is 12.3 Å². The molecule has 0 saturated heterocycles. The van der Waals surface area contributed by atoms with E-state index in [2.05, 4.69) is 18.9 Å². The number of benzene rings is 1. The first-order valence-electron chi connectivity index (χ1n) is 8.04. The van der Waals surface area contributed by atoms with Crippen molar-refractivity contribution in [2.75, 3.05) is 5.75 Å². The molecule has 2 aromatic rings. The second-order valence-corrected chi connectivity index (χ2v) is 8.27. The summed E-state index contributed by atoms with van der Waals surface area (Å²) in [4.78, 5) is 23.1. The molecule has 0 aliphatic rings. The van der Waals surface area contributed by atoms with Gasteiger partial charge in [-0.15, -0.1) is 0 Å². The SMILES string of the molecule is CC(C)Cn1nccc1/C=C/C(=O)c1ccc(S(=O)(=O)CC(N)=O)cc1. The van der Waals surface area contributed by atoms with Crippen LogP contribution in [0.1, 0.15) is 29.9 Å². The molecule has 0 aliphatic heterocycles. The highest BCUT2D eigenvalue weighted by Gasteiger charge is 2.17. The molecule has 1 heterocycles. The third kappa shape index (κ3) is 5.13. The Balaban J connectivity index is 2.14. The Kier molecular flexibility index (Phi) is 6.10. The second kappa shape index (κ2) is 8.09. The zero-order valence-corrected chi connectivity index (χ0v) is 15.4. The first-order chi connectivity index (χ1) is 12.2. The maximum Gasteiger partial charge on any atom is 0.233 e. The molecule has 1 amide bonds. The molecule has 0 atom stereocenters. The van der Waals surface area contributed by atoms with Crippen molar-refractivity contribution in [1.82, 2.24) is 9.78 Å². The van der Waals surface area contributed by atoms with E-state index in [4.69, 9.17) is 5.73 Å². The van der Waals surface area contributed by atoms with Gasteiger partial charge in [0.2, 0.25) is 5.91 Å². The number of ketones is 1. The number of carbonyl (C=O) groups excluding carboxylic acids is 2. The van der Waals surface area contributed by atoms with Gasteiger partial charge in [0.05, 0.1) is 10.6 Å². The van der Waals surface area contributed by atoms with Crippen LogP contribution in [0.5, 0.6) is 0 Å². The van der Waals surface area contributed by atoms with E-state index in [0.717, 1.165) is 12.2 Å². The molecular formula is C18H21N3O4S. The summed E-state index contributed by atoms with van der Waals surface area (Å²) in [5.74, 6) is -1.53. The molecule has 0 fully saturated rings. The minimum Gasteiger partial charge on any atom is -0.369 e. The van der Waals surface area contributed by atoms with Crippen molar-refractivity contribution in [1.29, 1.82) is 0 Å². The smallest absolute Gasteiger partial charge is 0.233 e. The van der Waals surface area contributed by atoms with Gasteiger partial charge in [-0.25, -0.2) is 8.42 Å². The number of hydrogen-bond acceptors (Lipinski definition) is 5. The average molecular weight is 375 g/mol. The van der Waals surface area contributed by atoms with Gasteiger partial charge in [0.1, 0.15) is 5.75 Å². The lowest BCUT2D eigenvalue weighted by Crippen LogP contribution is -2.23. The summed E-state index contributed by atoms with van der Waals surface area (Å²) in [5.41, 5.74) is 6.09. The van der Waals surface area contributed by atoms with Gasteiger partial charge in [-0.1, -0.05) is 13.8 Å². The molecule has 0 bridgehead atoms. The Morgan fingerprint density at radius 3 is 2.42 bits per heavy atom. The van der Waals surface area contributed by atoms with E-state index in [9.17, 15) is 18.0 Å². The van der Waals surface area contributed by atoms with Gasteiger partial charge in [-0.2, -0.15) is 5.10 Å². The van der Waals surface area contributed by atoms with Crippen molar-refractivity contribution < 1.29 is 18.0 Å². The van der Waals surface area contributed by atoms with Gasteiger partial charge >= 0.3 is 0 Å². The third-order valence-electron chi connectivity index (χ3n) is 3.52. The average Bonchev–Trinajstić information content (AvgIpc) is 2.98. The van der Waals surface area contributed by atoms with Gasteiger partial charge in [0, 0.05) is 18.3 Å². The van der Waals surface area contributed by atoms with Gasteiger partial charge in [0.25, 0.3) is 0 Å². The maximum atomic E-state index is 12.3. The fraction of sp³-hybridized carbons (Fsp3) is 0.278. The lowest BCUT2D eigenvalue weighted by Gasteiger charge is -2.07. The normalized spacial score (nSPS) is 12.0. The van der Waals surface area contributed by atoms with Crippen LogP contribution in [0, 0.1) is 5.92 Å². The summed E-state index contributed by atoms with van der Waals surface area (Å²) in [6, 6.07) is 7.22. The predicted molar refractivity (Wildman–Crippen MR) is 98.1 cm³/mol. The van der Waals surface area contributed by atoms with Crippen molar-refractivity contribution in [3.8, 4) is 0 Å². The number of carbonyl (C=O) groups is 2. The molecule has 1 aromatic carbocycles. The van der Waals surface area contributed by atoms with Gasteiger partial charge in [0.15, 0.2) is 15.6 Å². The fourth-order valence-electron chi connectivity index (χ4n) is 2.34. The molecule has 0 saturated carbocycles. The largest absolute Gasteiger partial charge is 0.369 e. The highest BCUT2D eigenvalue weighted by Crippen LogP contribution is 2.14. The minimum atomic E-state index is -3.78. The van der Waals surface area contributed by atoms with Crippen molar-refractivity contribution in [3.05, 3.63) is 53.9 Å². The van der Waals surface area contributed by atoms with E-state index in [0.29, 0.717) is 11.5 Å². The van der Waals surface area contributed by atoms with Crippen LogP contribution in [-0.2, 0) is 21.2 Å². The molecule has 26 heavy (non-hydrogen) atoms. The Hall–Kier alpha value is -2.74. The Labute approximate surface area is 152 Å². The molecule has 2 rings (SSSR count). The molecule has 0 spiro atoms. The fourth-order valence-corrected chi connectivity index (χ4v) is 3.43. The van der Waals surface area contributed by atoms with Gasteiger partial charge in [-0.3, -0.25) is 14.3 Å². The second-order valence-electron chi connectivity index (χ2n) is 6.28. The van der Waals surface area contributed by atoms with Crippen LogP contribution in [0.2, 0.25) is 0 Å². The molecule has 138 valence electrons. The number of hydrogen-bond donors (Lipinski definition) is 1. The Morgan fingerprint density at radius 2 is 1.85 bits per heavy atom. The Morgan fingerprint density at radius 1 is 1.19 bits per heavy atom. The van der Waals surface area contributed by atoms with Crippen LogP contribution < -0.4 is 5.73 Å². The van der Waals surface area contributed by atoms with Crippen LogP contribution in [-0.4, -0.2) is 35.6 Å².